The minimum Gasteiger partial charge on any atom is -0.395 e. The van der Waals surface area contributed by atoms with Crippen LogP contribution in [0.2, 0.25) is 10.2 Å². The fourth-order valence-corrected chi connectivity index (χ4v) is 4.26. The maximum absolute atomic E-state index is 14.7. The third kappa shape index (κ3) is 2.36. The predicted molar refractivity (Wildman–Crippen MR) is 92.3 cm³/mol. The van der Waals surface area contributed by atoms with Crippen LogP contribution in [0.1, 0.15) is 23.5 Å². The minimum atomic E-state index is -1.20. The van der Waals surface area contributed by atoms with E-state index in [1.54, 1.807) is 18.2 Å². The number of nitrogens with one attached hydrogen (secondary N) is 2. The van der Waals surface area contributed by atoms with Crippen molar-refractivity contribution in [1.29, 1.82) is 0 Å². The molecule has 3 N–H and O–H groups in total. The van der Waals surface area contributed by atoms with Crippen molar-refractivity contribution in [1.82, 2.24) is 10.3 Å². The van der Waals surface area contributed by atoms with Gasteiger partial charge in [-0.3, -0.25) is 10.1 Å². The minimum absolute atomic E-state index is 0.172. The first kappa shape index (κ1) is 16.7. The second-order valence-corrected chi connectivity index (χ2v) is 7.06. The van der Waals surface area contributed by atoms with E-state index in [1.165, 1.54) is 12.3 Å². The van der Waals surface area contributed by atoms with Crippen molar-refractivity contribution in [2.45, 2.75) is 23.9 Å². The third-order valence-corrected chi connectivity index (χ3v) is 5.46. The van der Waals surface area contributed by atoms with Crippen LogP contribution in [0.4, 0.5) is 10.1 Å². The van der Waals surface area contributed by atoms with Gasteiger partial charge in [0.2, 0.25) is 5.91 Å². The lowest BCUT2D eigenvalue weighted by molar-refractivity contribution is -0.122. The van der Waals surface area contributed by atoms with E-state index < -0.39 is 17.3 Å². The molecule has 0 radical (unpaired) electrons. The van der Waals surface area contributed by atoms with Crippen LogP contribution in [0.15, 0.2) is 30.5 Å². The van der Waals surface area contributed by atoms with Crippen molar-refractivity contribution in [3.63, 3.8) is 0 Å². The number of pyridine rings is 1. The summed E-state index contributed by atoms with van der Waals surface area (Å²) in [6, 6.07) is 6.25. The molecule has 2 aliphatic heterocycles. The fraction of sp³-hybridized carbons (Fsp3) is 0.294. The molecule has 0 aliphatic carbocycles. The van der Waals surface area contributed by atoms with E-state index in [2.05, 4.69) is 15.6 Å². The summed E-state index contributed by atoms with van der Waals surface area (Å²) in [5.74, 6) is -1.50. The van der Waals surface area contributed by atoms with Crippen molar-refractivity contribution in [3.05, 3.63) is 57.6 Å². The van der Waals surface area contributed by atoms with Gasteiger partial charge in [0.05, 0.1) is 6.61 Å². The van der Waals surface area contributed by atoms with Crippen molar-refractivity contribution >= 4 is 34.8 Å². The molecule has 1 aromatic carbocycles. The van der Waals surface area contributed by atoms with Crippen LogP contribution in [0.25, 0.3) is 0 Å². The van der Waals surface area contributed by atoms with Gasteiger partial charge in [-0.1, -0.05) is 29.3 Å². The summed E-state index contributed by atoms with van der Waals surface area (Å²) < 4.78 is 14.7. The highest BCUT2D eigenvalue weighted by Gasteiger charge is 2.58. The highest BCUT2D eigenvalue weighted by Crippen LogP contribution is 2.52. The largest absolute Gasteiger partial charge is 0.395 e. The van der Waals surface area contributed by atoms with Gasteiger partial charge in [-0.25, -0.2) is 9.37 Å². The summed E-state index contributed by atoms with van der Waals surface area (Å²) in [7, 11) is 0. The summed E-state index contributed by atoms with van der Waals surface area (Å²) in [6.07, 6.45) is 1.79. The number of aliphatic hydroxyl groups is 1. The molecule has 1 amide bonds. The average Bonchev–Trinajstić information content (AvgIpc) is 3.10. The molecule has 1 spiro atoms. The highest BCUT2D eigenvalue weighted by atomic mass is 35.5. The van der Waals surface area contributed by atoms with Crippen molar-refractivity contribution in [2.24, 2.45) is 0 Å². The maximum atomic E-state index is 14.7. The molecule has 1 fully saturated rings. The second kappa shape index (κ2) is 5.92. The van der Waals surface area contributed by atoms with E-state index in [4.69, 9.17) is 23.2 Å². The number of anilines is 1. The molecular weight excluding hydrogens is 368 g/mol. The van der Waals surface area contributed by atoms with Gasteiger partial charge in [-0.2, -0.15) is 0 Å². The van der Waals surface area contributed by atoms with Crippen LogP contribution in [-0.4, -0.2) is 28.6 Å². The summed E-state index contributed by atoms with van der Waals surface area (Å²) in [5, 5.41) is 15.9. The Balaban J connectivity index is 1.92. The summed E-state index contributed by atoms with van der Waals surface area (Å²) in [4.78, 5) is 16.7. The zero-order valence-electron chi connectivity index (χ0n) is 12.9. The lowest BCUT2D eigenvalue weighted by atomic mass is 9.76. The second-order valence-electron chi connectivity index (χ2n) is 6.27. The first-order valence-corrected chi connectivity index (χ1v) is 8.53. The van der Waals surface area contributed by atoms with Gasteiger partial charge in [-0.15, -0.1) is 0 Å². The number of carbonyl (C=O) groups excluding carboxylic acids is 1. The predicted octanol–water partition coefficient (Wildman–Crippen LogP) is 2.81. The molecule has 8 heteroatoms. The topological polar surface area (TPSA) is 74.2 Å². The van der Waals surface area contributed by atoms with Crippen LogP contribution < -0.4 is 10.6 Å². The molecule has 130 valence electrons. The van der Waals surface area contributed by atoms with Crippen LogP contribution in [0.5, 0.6) is 0 Å². The molecule has 0 bridgehead atoms. The number of fused-ring (bicyclic) bond motifs is 2. The number of halogens is 3. The smallest absolute Gasteiger partial charge is 0.250 e. The van der Waals surface area contributed by atoms with Crippen molar-refractivity contribution < 1.29 is 14.3 Å². The van der Waals surface area contributed by atoms with E-state index in [0.717, 1.165) is 0 Å². The van der Waals surface area contributed by atoms with E-state index >= 15 is 0 Å². The lowest BCUT2D eigenvalue weighted by Gasteiger charge is -2.30. The van der Waals surface area contributed by atoms with Crippen molar-refractivity contribution in [2.75, 3.05) is 11.9 Å². The van der Waals surface area contributed by atoms with Crippen molar-refractivity contribution in [3.8, 4) is 0 Å². The molecule has 5 nitrogen and oxygen atoms in total. The summed E-state index contributed by atoms with van der Waals surface area (Å²) >= 11 is 11.9. The van der Waals surface area contributed by atoms with Gasteiger partial charge >= 0.3 is 0 Å². The van der Waals surface area contributed by atoms with Crippen LogP contribution >= 0.6 is 23.2 Å². The number of hydrogen-bond acceptors (Lipinski definition) is 4. The monoisotopic (exact) mass is 381 g/mol. The number of hydrogen-bond donors (Lipinski definition) is 3. The average molecular weight is 382 g/mol. The molecule has 0 unspecified atom stereocenters. The summed E-state index contributed by atoms with van der Waals surface area (Å²) in [5.41, 5.74) is 0.351. The van der Waals surface area contributed by atoms with Crippen LogP contribution in [0, 0.1) is 5.82 Å². The zero-order chi connectivity index (χ0) is 17.8. The van der Waals surface area contributed by atoms with Gasteiger partial charge in [0.1, 0.15) is 5.54 Å². The Morgan fingerprint density at radius 3 is 2.92 bits per heavy atom. The fourth-order valence-electron chi connectivity index (χ4n) is 3.92. The number of aliphatic hydroxyl groups excluding tert-OH is 1. The van der Waals surface area contributed by atoms with Gasteiger partial charge in [0.15, 0.2) is 11.0 Å². The van der Waals surface area contributed by atoms with Crippen LogP contribution in [-0.2, 0) is 10.3 Å². The van der Waals surface area contributed by atoms with Gasteiger partial charge in [0, 0.05) is 34.4 Å². The summed E-state index contributed by atoms with van der Waals surface area (Å²) in [6.45, 7) is -0.172. The van der Waals surface area contributed by atoms with Gasteiger partial charge in [-0.05, 0) is 30.2 Å². The Hall–Kier alpha value is -1.73. The normalized spacial score (nSPS) is 27.6. The third-order valence-electron chi connectivity index (χ3n) is 4.96. The molecule has 3 atom stereocenters. The van der Waals surface area contributed by atoms with E-state index in [0.29, 0.717) is 28.3 Å². The first-order chi connectivity index (χ1) is 12.0. The van der Waals surface area contributed by atoms with E-state index in [1.807, 2.05) is 0 Å². The zero-order valence-corrected chi connectivity index (χ0v) is 14.4. The molecule has 3 heterocycles. The van der Waals surface area contributed by atoms with Gasteiger partial charge in [0.25, 0.3) is 0 Å². The standard InChI is InChI=1S/C17H14Cl2FN3O2/c18-8-1-2-11-13(5-8)22-16(25)17(11)12(6-9(7-24)23-17)10-3-4-21-15(19)14(10)20/h1-5,9,12,23-24H,6-7H2,(H,22,25)/t9-,12-,17-/m1/s1. The van der Waals surface area contributed by atoms with Gasteiger partial charge < -0.3 is 10.4 Å². The molecule has 2 aromatic rings. The number of rotatable bonds is 2. The number of carbonyl (C=O) groups is 1. The SMILES string of the molecule is O=C1Nc2cc(Cl)ccc2[C@]12N[C@@H](CO)C[C@@H]2c1ccnc(Cl)c1F. The molecular formula is C17H14Cl2FN3O2. The Kier molecular flexibility index (Phi) is 3.96. The molecule has 25 heavy (non-hydrogen) atoms. The molecule has 1 saturated heterocycles. The molecule has 2 aliphatic rings. The highest BCUT2D eigenvalue weighted by molar-refractivity contribution is 6.31. The molecule has 0 saturated carbocycles. The lowest BCUT2D eigenvalue weighted by Crippen LogP contribution is -2.49. The quantitative estimate of drug-likeness (QED) is 0.699. The number of benzene rings is 1. The van der Waals surface area contributed by atoms with Crippen LogP contribution in [0.3, 0.4) is 0 Å². The number of nitrogens with zero attached hydrogens (tertiary/aromatic N) is 1. The van der Waals surface area contributed by atoms with E-state index in [-0.39, 0.29) is 23.7 Å². The van der Waals surface area contributed by atoms with E-state index in [9.17, 15) is 14.3 Å². The number of amides is 1. The first-order valence-electron chi connectivity index (χ1n) is 7.77. The maximum Gasteiger partial charge on any atom is 0.250 e. The Morgan fingerprint density at radius 1 is 1.36 bits per heavy atom. The number of aromatic nitrogens is 1. The molecule has 4 rings (SSSR count). The Labute approximate surface area is 153 Å². The Morgan fingerprint density at radius 2 is 2.16 bits per heavy atom. The molecule has 1 aromatic heterocycles. The Bertz CT molecular complexity index is 879.